The van der Waals surface area contributed by atoms with Gasteiger partial charge in [-0.2, -0.15) is 0 Å². The maximum atomic E-state index is 12.1. The van der Waals surface area contributed by atoms with Crippen LogP contribution >= 0.6 is 0 Å². The maximum absolute atomic E-state index is 12.1. The smallest absolute Gasteiger partial charge is 0.414 e. The third-order valence-electron chi connectivity index (χ3n) is 3.29. The van der Waals surface area contributed by atoms with Crippen LogP contribution in [0.5, 0.6) is 0 Å². The lowest BCUT2D eigenvalue weighted by atomic mass is 10.0. The average Bonchev–Trinajstić information content (AvgIpc) is 2.46. The number of hydrogen-bond donors (Lipinski definition) is 0. The van der Waals surface area contributed by atoms with Gasteiger partial charge in [0, 0.05) is 18.7 Å². The van der Waals surface area contributed by atoms with E-state index in [2.05, 4.69) is 0 Å². The molecule has 4 nitrogen and oxygen atoms in total. The Morgan fingerprint density at radius 1 is 1.35 bits per heavy atom. The highest BCUT2D eigenvalue weighted by molar-refractivity contribution is 5.92. The molecule has 0 saturated heterocycles. The number of ether oxygens (including phenoxy) is 1. The van der Waals surface area contributed by atoms with Crippen LogP contribution in [0.15, 0.2) is 42.6 Å². The van der Waals surface area contributed by atoms with E-state index < -0.39 is 6.09 Å². The summed E-state index contributed by atoms with van der Waals surface area (Å²) in [6, 6.07) is 9.46. The molecule has 1 atom stereocenters. The first-order valence-corrected chi connectivity index (χ1v) is 6.90. The van der Waals surface area contributed by atoms with E-state index in [1.54, 1.807) is 6.20 Å². The molecule has 1 aromatic rings. The van der Waals surface area contributed by atoms with Crippen molar-refractivity contribution in [2.24, 2.45) is 0 Å². The second-order valence-electron chi connectivity index (χ2n) is 4.88. The summed E-state index contributed by atoms with van der Waals surface area (Å²) in [4.78, 5) is 25.1. The van der Waals surface area contributed by atoms with Crippen LogP contribution in [0, 0.1) is 0 Å². The molecule has 20 heavy (non-hydrogen) atoms. The third-order valence-corrected chi connectivity index (χ3v) is 3.29. The Hall–Kier alpha value is -2.10. The summed E-state index contributed by atoms with van der Waals surface area (Å²) in [7, 11) is 0. The van der Waals surface area contributed by atoms with Crippen molar-refractivity contribution in [3.05, 3.63) is 48.2 Å². The molecule has 106 valence electrons. The Kier molecular flexibility index (Phi) is 4.93. The van der Waals surface area contributed by atoms with Crippen molar-refractivity contribution < 1.29 is 14.3 Å². The molecule has 0 aliphatic carbocycles. The van der Waals surface area contributed by atoms with Gasteiger partial charge in [0.1, 0.15) is 6.61 Å². The zero-order valence-electron chi connectivity index (χ0n) is 11.6. The van der Waals surface area contributed by atoms with Crippen LogP contribution in [-0.2, 0) is 16.1 Å². The Bertz CT molecular complexity index is 496. The van der Waals surface area contributed by atoms with E-state index in [4.69, 9.17) is 4.74 Å². The molecule has 4 heteroatoms. The van der Waals surface area contributed by atoms with E-state index in [-0.39, 0.29) is 18.4 Å². The standard InChI is InChI=1S/C16H19NO3/c1-2-6-14-11-15(18)9-10-17(14)16(19)20-12-13-7-4-3-5-8-13/h3-5,7-10,14H,2,6,11-12H2,1H3/t14-/m1/s1. The minimum Gasteiger partial charge on any atom is -0.444 e. The van der Waals surface area contributed by atoms with Gasteiger partial charge in [-0.05, 0) is 18.1 Å². The fourth-order valence-electron chi connectivity index (χ4n) is 2.26. The highest BCUT2D eigenvalue weighted by Gasteiger charge is 2.27. The molecular formula is C16H19NO3. The van der Waals surface area contributed by atoms with Gasteiger partial charge in [0.15, 0.2) is 5.78 Å². The number of carbonyl (C=O) groups is 2. The van der Waals surface area contributed by atoms with E-state index in [1.165, 1.54) is 11.0 Å². The van der Waals surface area contributed by atoms with E-state index in [0.717, 1.165) is 18.4 Å². The lowest BCUT2D eigenvalue weighted by Crippen LogP contribution is -2.40. The van der Waals surface area contributed by atoms with Gasteiger partial charge in [0.2, 0.25) is 0 Å². The van der Waals surface area contributed by atoms with Crippen molar-refractivity contribution in [1.82, 2.24) is 4.90 Å². The fraction of sp³-hybridized carbons (Fsp3) is 0.375. The summed E-state index contributed by atoms with van der Waals surface area (Å²) in [5.74, 6) is 0.0653. The molecule has 1 heterocycles. The first-order chi connectivity index (χ1) is 9.70. The predicted octanol–water partition coefficient (Wildman–Crippen LogP) is 3.28. The number of ketones is 1. The molecule has 1 amide bonds. The third kappa shape index (κ3) is 3.70. The largest absolute Gasteiger partial charge is 0.444 e. The molecule has 0 radical (unpaired) electrons. The number of nitrogens with zero attached hydrogens (tertiary/aromatic N) is 1. The molecule has 0 N–H and O–H groups in total. The normalized spacial score (nSPS) is 18.1. The summed E-state index contributed by atoms with van der Waals surface area (Å²) < 4.78 is 5.30. The van der Waals surface area contributed by atoms with Crippen molar-refractivity contribution in [2.75, 3.05) is 0 Å². The fourth-order valence-corrected chi connectivity index (χ4v) is 2.26. The second kappa shape index (κ2) is 6.89. The quantitative estimate of drug-likeness (QED) is 0.845. The van der Waals surface area contributed by atoms with Gasteiger partial charge >= 0.3 is 6.09 Å². The highest BCUT2D eigenvalue weighted by Crippen LogP contribution is 2.18. The molecular weight excluding hydrogens is 254 g/mol. The van der Waals surface area contributed by atoms with Crippen LogP contribution in [0.1, 0.15) is 31.7 Å². The molecule has 0 saturated carbocycles. The Balaban J connectivity index is 1.96. The van der Waals surface area contributed by atoms with E-state index in [9.17, 15) is 9.59 Å². The number of hydrogen-bond acceptors (Lipinski definition) is 3. The summed E-state index contributed by atoms with van der Waals surface area (Å²) in [6.07, 6.45) is 4.70. The average molecular weight is 273 g/mol. The Morgan fingerprint density at radius 3 is 2.80 bits per heavy atom. The highest BCUT2D eigenvalue weighted by atomic mass is 16.6. The molecule has 0 unspecified atom stereocenters. The lowest BCUT2D eigenvalue weighted by Gasteiger charge is -2.29. The molecule has 1 aliphatic heterocycles. The zero-order chi connectivity index (χ0) is 14.4. The van der Waals surface area contributed by atoms with Gasteiger partial charge in [0.25, 0.3) is 0 Å². The Labute approximate surface area is 119 Å². The van der Waals surface area contributed by atoms with Gasteiger partial charge in [0.05, 0.1) is 0 Å². The molecule has 0 bridgehead atoms. The molecule has 0 spiro atoms. The number of allylic oxidation sites excluding steroid dienone is 1. The van der Waals surface area contributed by atoms with Crippen LogP contribution in [-0.4, -0.2) is 22.8 Å². The van der Waals surface area contributed by atoms with Crippen molar-refractivity contribution in [3.63, 3.8) is 0 Å². The van der Waals surface area contributed by atoms with Crippen LogP contribution in [0.2, 0.25) is 0 Å². The van der Waals surface area contributed by atoms with Crippen LogP contribution < -0.4 is 0 Å². The van der Waals surface area contributed by atoms with Gasteiger partial charge in [-0.15, -0.1) is 0 Å². The summed E-state index contributed by atoms with van der Waals surface area (Å²) in [5, 5.41) is 0. The molecule has 0 fully saturated rings. The maximum Gasteiger partial charge on any atom is 0.414 e. The van der Waals surface area contributed by atoms with Gasteiger partial charge in [-0.3, -0.25) is 9.69 Å². The molecule has 1 aliphatic rings. The van der Waals surface area contributed by atoms with Crippen LogP contribution in [0.25, 0.3) is 0 Å². The van der Waals surface area contributed by atoms with Crippen LogP contribution in [0.4, 0.5) is 4.79 Å². The zero-order valence-corrected chi connectivity index (χ0v) is 11.6. The molecule has 2 rings (SSSR count). The van der Waals surface area contributed by atoms with Crippen molar-refractivity contribution in [2.45, 2.75) is 38.8 Å². The van der Waals surface area contributed by atoms with E-state index >= 15 is 0 Å². The van der Waals surface area contributed by atoms with E-state index in [0.29, 0.717) is 6.42 Å². The predicted molar refractivity (Wildman–Crippen MR) is 75.9 cm³/mol. The number of amides is 1. The number of benzene rings is 1. The monoisotopic (exact) mass is 273 g/mol. The minimum absolute atomic E-state index is 0.0653. The first kappa shape index (κ1) is 14.3. The second-order valence-corrected chi connectivity index (χ2v) is 4.88. The SMILES string of the molecule is CCC[C@@H]1CC(=O)C=CN1C(=O)OCc1ccccc1. The topological polar surface area (TPSA) is 46.6 Å². The number of rotatable bonds is 4. The van der Waals surface area contributed by atoms with Crippen molar-refractivity contribution in [1.29, 1.82) is 0 Å². The molecule has 1 aromatic carbocycles. The minimum atomic E-state index is -0.393. The van der Waals surface area contributed by atoms with Crippen molar-refractivity contribution >= 4 is 11.9 Å². The Morgan fingerprint density at radius 2 is 2.10 bits per heavy atom. The summed E-state index contributed by atoms with van der Waals surface area (Å²) in [6.45, 7) is 2.28. The first-order valence-electron chi connectivity index (χ1n) is 6.90. The van der Waals surface area contributed by atoms with Gasteiger partial charge in [-0.25, -0.2) is 4.79 Å². The molecule has 0 aromatic heterocycles. The number of carbonyl (C=O) groups excluding carboxylic acids is 2. The van der Waals surface area contributed by atoms with E-state index in [1.807, 2.05) is 37.3 Å². The van der Waals surface area contributed by atoms with Gasteiger partial charge < -0.3 is 4.74 Å². The van der Waals surface area contributed by atoms with Crippen molar-refractivity contribution in [3.8, 4) is 0 Å². The van der Waals surface area contributed by atoms with Crippen LogP contribution in [0.3, 0.4) is 0 Å². The summed E-state index contributed by atoms with van der Waals surface area (Å²) in [5.41, 5.74) is 0.949. The van der Waals surface area contributed by atoms with Gasteiger partial charge in [-0.1, -0.05) is 43.7 Å². The lowest BCUT2D eigenvalue weighted by molar-refractivity contribution is -0.116. The summed E-state index contributed by atoms with van der Waals surface area (Å²) >= 11 is 0.